The van der Waals surface area contributed by atoms with E-state index in [0.717, 1.165) is 49.1 Å². The van der Waals surface area contributed by atoms with Crippen LogP contribution in [0.3, 0.4) is 0 Å². The summed E-state index contributed by atoms with van der Waals surface area (Å²) in [7, 11) is 0. The van der Waals surface area contributed by atoms with Gasteiger partial charge in [-0.1, -0.05) is 132 Å². The van der Waals surface area contributed by atoms with Crippen LogP contribution < -0.4 is 0 Å². The van der Waals surface area contributed by atoms with Gasteiger partial charge in [0.25, 0.3) is 0 Å². The first-order valence-corrected chi connectivity index (χ1v) is 19.4. The molecule has 4 rings (SSSR count). The summed E-state index contributed by atoms with van der Waals surface area (Å²) in [4.78, 5) is 24.3. The Hall–Kier alpha value is -3.69. The number of carbonyl (C=O) groups is 2. The summed E-state index contributed by atoms with van der Waals surface area (Å²) >= 11 is 0. The van der Waals surface area contributed by atoms with E-state index in [4.69, 9.17) is 0 Å². The number of carbonyl (C=O) groups excluding carboxylic acids is 2. The zero-order chi connectivity index (χ0) is 38.1. The van der Waals surface area contributed by atoms with Gasteiger partial charge in [-0.25, -0.2) is 0 Å². The third-order valence-corrected chi connectivity index (χ3v) is 10.7. The number of halogens is 3. The van der Waals surface area contributed by atoms with Crippen molar-refractivity contribution >= 4 is 11.6 Å². The molecule has 0 bridgehead atoms. The van der Waals surface area contributed by atoms with Gasteiger partial charge in [-0.3, -0.25) is 9.59 Å². The van der Waals surface area contributed by atoms with Crippen LogP contribution in [0.4, 0.5) is 13.2 Å². The molecule has 0 aliphatic heterocycles. The Morgan fingerprint density at radius 2 is 1.50 bits per heavy atom. The number of allylic oxidation sites excluding steroid dienone is 7. The van der Waals surface area contributed by atoms with Gasteiger partial charge in [0.2, 0.25) is 0 Å². The van der Waals surface area contributed by atoms with Gasteiger partial charge >= 0.3 is 6.18 Å². The molecule has 2 aliphatic carbocycles. The van der Waals surface area contributed by atoms with Crippen LogP contribution in [-0.2, 0) is 23.8 Å². The van der Waals surface area contributed by atoms with Crippen molar-refractivity contribution < 1.29 is 22.8 Å². The van der Waals surface area contributed by atoms with E-state index < -0.39 is 11.7 Å². The Bertz CT molecular complexity index is 1540. The molecule has 0 heterocycles. The average molecular weight is 714 g/mol. The molecule has 2 atom stereocenters. The average Bonchev–Trinajstić information content (AvgIpc) is 3.97. The van der Waals surface area contributed by atoms with E-state index >= 15 is 0 Å². The number of aryl methyl sites for hydroxylation is 1. The summed E-state index contributed by atoms with van der Waals surface area (Å²) in [6, 6.07) is 13.7. The summed E-state index contributed by atoms with van der Waals surface area (Å²) in [5, 5.41) is 0. The molecule has 2 nitrogen and oxygen atoms in total. The predicted octanol–water partition coefficient (Wildman–Crippen LogP) is 13.4. The Morgan fingerprint density at radius 3 is 2.06 bits per heavy atom. The lowest BCUT2D eigenvalue weighted by Crippen LogP contribution is -2.14. The van der Waals surface area contributed by atoms with E-state index in [9.17, 15) is 22.8 Å². The summed E-state index contributed by atoms with van der Waals surface area (Å²) < 4.78 is 37.3. The number of benzene rings is 2. The largest absolute Gasteiger partial charge is 0.416 e. The summed E-state index contributed by atoms with van der Waals surface area (Å²) in [5.74, 6) is 4.23. The molecule has 2 aromatic rings. The van der Waals surface area contributed by atoms with Gasteiger partial charge in [0.15, 0.2) is 11.6 Å². The maximum atomic E-state index is 12.9. The van der Waals surface area contributed by atoms with Crippen LogP contribution in [0.2, 0.25) is 0 Å². The Balaban J connectivity index is 0.000000338. The Morgan fingerprint density at radius 1 is 0.865 bits per heavy atom. The number of rotatable bonds is 18. The first-order valence-electron chi connectivity index (χ1n) is 19.4. The van der Waals surface area contributed by atoms with Crippen molar-refractivity contribution in [2.24, 2.45) is 23.7 Å². The first kappa shape index (κ1) is 42.7. The minimum Gasteiger partial charge on any atom is -0.295 e. The lowest BCUT2D eigenvalue weighted by atomic mass is 9.80. The van der Waals surface area contributed by atoms with Crippen LogP contribution in [-0.4, -0.2) is 11.6 Å². The van der Waals surface area contributed by atoms with Crippen molar-refractivity contribution in [3.05, 3.63) is 131 Å². The van der Waals surface area contributed by atoms with E-state index in [0.29, 0.717) is 29.7 Å². The van der Waals surface area contributed by atoms with Crippen molar-refractivity contribution in [2.45, 2.75) is 124 Å². The first-order chi connectivity index (χ1) is 24.8. The van der Waals surface area contributed by atoms with Crippen LogP contribution in [0, 0.1) is 29.6 Å². The van der Waals surface area contributed by atoms with Gasteiger partial charge in [0, 0.05) is 23.5 Å². The van der Waals surface area contributed by atoms with Crippen LogP contribution in [0.1, 0.15) is 132 Å². The molecule has 0 N–H and O–H groups in total. The lowest BCUT2D eigenvalue weighted by molar-refractivity contribution is -0.137. The highest BCUT2D eigenvalue weighted by Crippen LogP contribution is 2.33. The molecule has 0 aromatic heterocycles. The second-order valence-electron chi connectivity index (χ2n) is 15.2. The molecule has 5 heteroatoms. The van der Waals surface area contributed by atoms with Gasteiger partial charge in [0.05, 0.1) is 5.56 Å². The smallest absolute Gasteiger partial charge is 0.295 e. The van der Waals surface area contributed by atoms with Gasteiger partial charge in [0.1, 0.15) is 0 Å². The number of hydrogen-bond acceptors (Lipinski definition) is 2. The van der Waals surface area contributed by atoms with Gasteiger partial charge in [-0.2, -0.15) is 13.2 Å². The zero-order valence-electron chi connectivity index (χ0n) is 32.2. The maximum Gasteiger partial charge on any atom is 0.416 e. The van der Waals surface area contributed by atoms with E-state index in [1.54, 1.807) is 25.1 Å². The van der Waals surface area contributed by atoms with Gasteiger partial charge < -0.3 is 0 Å². The summed E-state index contributed by atoms with van der Waals surface area (Å²) in [6.45, 7) is 14.2. The second-order valence-corrected chi connectivity index (χ2v) is 15.2. The molecular weight excluding hydrogens is 654 g/mol. The van der Waals surface area contributed by atoms with Crippen molar-refractivity contribution in [2.75, 3.05) is 0 Å². The normalized spacial score (nSPS) is 18.8. The molecule has 0 saturated heterocycles. The number of ketones is 2. The van der Waals surface area contributed by atoms with E-state index in [2.05, 4.69) is 64.3 Å². The van der Waals surface area contributed by atoms with Crippen molar-refractivity contribution in [1.29, 1.82) is 0 Å². The third-order valence-electron chi connectivity index (χ3n) is 10.7. The van der Waals surface area contributed by atoms with E-state index in [1.165, 1.54) is 74.1 Å². The van der Waals surface area contributed by atoms with Crippen LogP contribution in [0.5, 0.6) is 0 Å². The molecule has 2 unspecified atom stereocenters. The zero-order valence-corrected chi connectivity index (χ0v) is 32.2. The molecule has 0 amide bonds. The highest BCUT2D eigenvalue weighted by atomic mass is 19.4. The number of Topliss-reactive ketones (excluding diaryl/α,β-unsaturated/α-hetero) is 2. The van der Waals surface area contributed by atoms with Crippen molar-refractivity contribution in [3.63, 3.8) is 0 Å². The minimum atomic E-state index is -4.22. The van der Waals surface area contributed by atoms with Crippen molar-refractivity contribution in [3.8, 4) is 0 Å². The number of alkyl halides is 3. The van der Waals surface area contributed by atoms with E-state index in [-0.39, 0.29) is 11.6 Å². The molecule has 0 spiro atoms. The molecule has 1 radical (unpaired) electrons. The fourth-order valence-electron chi connectivity index (χ4n) is 6.95. The highest BCUT2D eigenvalue weighted by molar-refractivity contribution is 5.98. The molecule has 52 heavy (non-hydrogen) atoms. The molecule has 1 saturated carbocycles. The monoisotopic (exact) mass is 713 g/mol. The fourth-order valence-corrected chi connectivity index (χ4v) is 6.95. The minimum absolute atomic E-state index is 0.115. The standard InChI is InChI=1S/C32H41O2.C15H19F3/c1-6-8-27(13-10-24(3)11-14-28-15-19-30(20-16-28)26(5)33)17-23-32(34)31(9-7-2)18-12-25(4)29-21-22-29;1-11-2-4-12(5-3-11)10-13-6-8-14(9-7-13)15(16,17)18/h9,12,15-16,18-22,24,27H,2,6,8,10-11,13-14,17,23H2,1,3-5H3;6-9,11-12H,2-5,10H2,1H3/b25-12+,31-18+;. The third kappa shape index (κ3) is 15.9. The summed E-state index contributed by atoms with van der Waals surface area (Å²) in [5.41, 5.74) is 7.19. The lowest BCUT2D eigenvalue weighted by Gasteiger charge is -2.26. The molecule has 2 aromatic carbocycles. The summed E-state index contributed by atoms with van der Waals surface area (Å²) in [6.07, 6.45) is 19.8. The molecule has 281 valence electrons. The Kier molecular flexibility index (Phi) is 17.9. The maximum absolute atomic E-state index is 12.9. The van der Waals surface area contributed by atoms with Crippen molar-refractivity contribution in [1.82, 2.24) is 0 Å². The van der Waals surface area contributed by atoms with Crippen LogP contribution in [0.15, 0.2) is 102 Å². The topological polar surface area (TPSA) is 34.1 Å². The quantitative estimate of drug-likeness (QED) is 0.0667. The van der Waals surface area contributed by atoms with E-state index in [1.807, 2.05) is 24.3 Å². The van der Waals surface area contributed by atoms with Crippen LogP contribution in [0.25, 0.3) is 0 Å². The van der Waals surface area contributed by atoms with Crippen LogP contribution >= 0.6 is 0 Å². The molecular formula is C47H60F3O2. The fraction of sp³-hybridized carbons (Fsp3) is 0.489. The van der Waals surface area contributed by atoms with Gasteiger partial charge in [-0.15, -0.1) is 5.73 Å². The number of hydrogen-bond donors (Lipinski definition) is 0. The highest BCUT2D eigenvalue weighted by Gasteiger charge is 2.30. The second kappa shape index (κ2) is 21.7. The SMILES string of the molecule is C=C=C/C(=C\C=C(/C)[C]1C=C1)C(=O)CCC(CCC)CCC(C)CCc1ccc(C(C)=O)cc1.CC1CCC(Cc2ccc(C(F)(F)F)cc2)CC1. The predicted molar refractivity (Wildman–Crippen MR) is 210 cm³/mol. The Labute approximate surface area is 312 Å². The molecule has 1 fully saturated rings. The molecule has 2 aliphatic rings. The van der Waals surface area contributed by atoms with Gasteiger partial charge in [-0.05, 0) is 105 Å².